The molecule has 4 rings (SSSR count). The number of hydrazone groups is 1. The minimum absolute atomic E-state index is 0.0496. The van der Waals surface area contributed by atoms with Crippen LogP contribution in [0.4, 0.5) is 30.7 Å². The molecule has 2 aliphatic rings. The van der Waals surface area contributed by atoms with Crippen LogP contribution in [-0.4, -0.2) is 42.5 Å². The van der Waals surface area contributed by atoms with Gasteiger partial charge in [-0.2, -0.15) is 31.4 Å². The highest BCUT2D eigenvalue weighted by Gasteiger charge is 2.39. The predicted octanol–water partition coefficient (Wildman–Crippen LogP) is 5.22. The van der Waals surface area contributed by atoms with Crippen molar-refractivity contribution >= 4 is 11.6 Å². The van der Waals surface area contributed by atoms with Crippen molar-refractivity contribution in [3.63, 3.8) is 0 Å². The van der Waals surface area contributed by atoms with Crippen LogP contribution in [0.1, 0.15) is 47.7 Å². The van der Waals surface area contributed by atoms with Crippen LogP contribution in [0.3, 0.4) is 0 Å². The molecule has 1 amide bonds. The summed E-state index contributed by atoms with van der Waals surface area (Å²) in [4.78, 5) is 13.4. The Morgan fingerprint density at radius 3 is 2.24 bits per heavy atom. The summed E-state index contributed by atoms with van der Waals surface area (Å²) in [5.41, 5.74) is 0.168. The molecular formula is C24H22F7N3O3. The van der Waals surface area contributed by atoms with Gasteiger partial charge in [-0.05, 0) is 48.4 Å². The van der Waals surface area contributed by atoms with E-state index in [1.165, 1.54) is 31.2 Å². The maximum atomic E-state index is 13.6. The smallest absolute Gasteiger partial charge is 0.349 e. The Bertz CT molecular complexity index is 1130. The molecule has 200 valence electrons. The number of alkyl halides is 6. The third-order valence-electron chi connectivity index (χ3n) is 6.03. The van der Waals surface area contributed by atoms with Gasteiger partial charge >= 0.3 is 12.4 Å². The Morgan fingerprint density at radius 1 is 1.08 bits per heavy atom. The summed E-state index contributed by atoms with van der Waals surface area (Å²) in [6, 6.07) is 5.93. The van der Waals surface area contributed by atoms with Crippen molar-refractivity contribution in [2.24, 2.45) is 5.10 Å². The van der Waals surface area contributed by atoms with Crippen LogP contribution < -0.4 is 5.43 Å². The maximum Gasteiger partial charge on any atom is 0.416 e. The van der Waals surface area contributed by atoms with Gasteiger partial charge in [0.1, 0.15) is 5.82 Å². The first kappa shape index (κ1) is 27.0. The van der Waals surface area contributed by atoms with Gasteiger partial charge in [-0.15, -0.1) is 0 Å². The van der Waals surface area contributed by atoms with Crippen molar-refractivity contribution in [1.29, 1.82) is 0 Å². The molecule has 2 aromatic rings. The van der Waals surface area contributed by atoms with Crippen LogP contribution in [0.5, 0.6) is 0 Å². The summed E-state index contributed by atoms with van der Waals surface area (Å²) in [6.07, 6.45) is -12.3. The summed E-state index contributed by atoms with van der Waals surface area (Å²) in [5, 5.41) is 3.97. The zero-order valence-corrected chi connectivity index (χ0v) is 19.4. The summed E-state index contributed by atoms with van der Waals surface area (Å²) < 4.78 is 105. The number of hydrogen-bond donors (Lipinski definition) is 1. The molecule has 0 aliphatic carbocycles. The van der Waals surface area contributed by atoms with E-state index < -0.39 is 47.7 Å². The molecule has 37 heavy (non-hydrogen) atoms. The first-order valence-electron chi connectivity index (χ1n) is 11.2. The number of carbonyl (C=O) groups excluding carboxylic acids is 1. The predicted molar refractivity (Wildman–Crippen MR) is 117 cm³/mol. The molecule has 2 heterocycles. The Morgan fingerprint density at radius 2 is 1.70 bits per heavy atom. The zero-order valence-electron chi connectivity index (χ0n) is 19.4. The molecule has 0 saturated carbocycles. The van der Waals surface area contributed by atoms with Crippen LogP contribution in [0.2, 0.25) is 0 Å². The normalized spacial score (nSPS) is 22.1. The molecule has 1 N–H and O–H groups in total. The van der Waals surface area contributed by atoms with Crippen molar-refractivity contribution < 1.29 is 45.0 Å². The molecule has 6 nitrogen and oxygen atoms in total. The van der Waals surface area contributed by atoms with Crippen LogP contribution in [-0.2, 0) is 26.6 Å². The highest BCUT2D eigenvalue weighted by atomic mass is 19.4. The van der Waals surface area contributed by atoms with Gasteiger partial charge in [-0.25, -0.2) is 9.82 Å². The third kappa shape index (κ3) is 6.46. The monoisotopic (exact) mass is 533 g/mol. The fraction of sp³-hybridized carbons (Fsp3) is 0.417. The fourth-order valence-corrected chi connectivity index (χ4v) is 4.23. The number of nitrogens with zero attached hydrogens (tertiary/aromatic N) is 2. The highest BCUT2D eigenvalue weighted by molar-refractivity contribution is 6.05. The Kier molecular flexibility index (Phi) is 7.58. The molecule has 0 spiro atoms. The van der Waals surface area contributed by atoms with E-state index in [9.17, 15) is 35.5 Å². The topological polar surface area (TPSA) is 63.2 Å². The molecule has 0 bridgehead atoms. The van der Waals surface area contributed by atoms with Gasteiger partial charge in [-0.1, -0.05) is 12.1 Å². The average molecular weight is 533 g/mol. The number of halogens is 7. The van der Waals surface area contributed by atoms with Crippen LogP contribution in [0, 0.1) is 5.82 Å². The molecule has 0 radical (unpaired) electrons. The number of amides is 1. The lowest BCUT2D eigenvalue weighted by atomic mass is 10.0. The van der Waals surface area contributed by atoms with Crippen molar-refractivity contribution in [2.45, 2.75) is 44.1 Å². The molecular weight excluding hydrogens is 511 g/mol. The van der Waals surface area contributed by atoms with E-state index in [1.807, 2.05) is 4.90 Å². The van der Waals surface area contributed by atoms with E-state index in [1.54, 1.807) is 0 Å². The number of ether oxygens (including phenoxy) is 2. The number of benzene rings is 2. The lowest BCUT2D eigenvalue weighted by Crippen LogP contribution is -2.48. The van der Waals surface area contributed by atoms with Gasteiger partial charge in [-0.3, -0.25) is 9.69 Å². The van der Waals surface area contributed by atoms with Gasteiger partial charge in [0.2, 0.25) is 5.91 Å². The number of rotatable bonds is 6. The Balaban J connectivity index is 1.64. The van der Waals surface area contributed by atoms with Crippen molar-refractivity contribution in [2.75, 3.05) is 19.7 Å². The molecule has 3 atom stereocenters. The molecule has 2 aromatic carbocycles. The number of carbonyl (C=O) groups is 1. The minimum Gasteiger partial charge on any atom is -0.349 e. The van der Waals surface area contributed by atoms with Crippen LogP contribution in [0.25, 0.3) is 0 Å². The molecule has 1 fully saturated rings. The third-order valence-corrected chi connectivity index (χ3v) is 6.03. The van der Waals surface area contributed by atoms with E-state index in [0.717, 1.165) is 0 Å². The standard InChI is InChI=1S/C24H22F7N3O3/c1-13(15-8-16(23(26,27)28)10-17(9-15)24(29,30)31)37-22-21(14-2-4-18(25)5-3-14)34(6-7-36-22)12-19-11-20(35)33-32-19/h2-5,8-10,13,21-22H,6-7,11-12H2,1H3,(H,33,35)/t13-,21-,22+/m0/s1. The largest absolute Gasteiger partial charge is 0.416 e. The van der Waals surface area contributed by atoms with E-state index in [4.69, 9.17) is 9.47 Å². The van der Waals surface area contributed by atoms with E-state index in [-0.39, 0.29) is 37.1 Å². The van der Waals surface area contributed by atoms with E-state index in [2.05, 4.69) is 10.5 Å². The highest BCUT2D eigenvalue weighted by Crippen LogP contribution is 2.39. The SMILES string of the molecule is C[C@H](O[C@H]1OCCN(CC2=NNC(=O)C2)[C@H]1c1ccc(F)cc1)c1cc(C(F)(F)F)cc(C(F)(F)F)c1. The van der Waals surface area contributed by atoms with E-state index in [0.29, 0.717) is 30.0 Å². The van der Waals surface area contributed by atoms with Crippen LogP contribution >= 0.6 is 0 Å². The first-order chi connectivity index (χ1) is 17.3. The molecule has 0 unspecified atom stereocenters. The van der Waals surface area contributed by atoms with Gasteiger partial charge in [0.05, 0.1) is 42.0 Å². The molecule has 2 aliphatic heterocycles. The minimum atomic E-state index is -5.00. The molecule has 1 saturated heterocycles. The molecule has 0 aromatic heterocycles. The second-order valence-corrected chi connectivity index (χ2v) is 8.71. The van der Waals surface area contributed by atoms with Crippen LogP contribution in [0.15, 0.2) is 47.6 Å². The lowest BCUT2D eigenvalue weighted by molar-refractivity contribution is -0.227. The van der Waals surface area contributed by atoms with E-state index >= 15 is 0 Å². The maximum absolute atomic E-state index is 13.6. The van der Waals surface area contributed by atoms with Crippen molar-refractivity contribution in [1.82, 2.24) is 10.3 Å². The average Bonchev–Trinajstić information content (AvgIpc) is 3.23. The molecule has 13 heteroatoms. The summed E-state index contributed by atoms with van der Waals surface area (Å²) >= 11 is 0. The van der Waals surface area contributed by atoms with Gasteiger partial charge in [0.15, 0.2) is 6.29 Å². The second kappa shape index (κ2) is 10.4. The zero-order chi connectivity index (χ0) is 27.0. The number of hydrogen-bond acceptors (Lipinski definition) is 5. The summed E-state index contributed by atoms with van der Waals surface area (Å²) in [6.45, 7) is 2.01. The summed E-state index contributed by atoms with van der Waals surface area (Å²) in [5.74, 6) is -0.787. The summed E-state index contributed by atoms with van der Waals surface area (Å²) in [7, 11) is 0. The van der Waals surface area contributed by atoms with Gasteiger partial charge < -0.3 is 9.47 Å². The number of morpholine rings is 1. The quantitative estimate of drug-likeness (QED) is 0.518. The van der Waals surface area contributed by atoms with Gasteiger partial charge in [0, 0.05) is 13.1 Å². The fourth-order valence-electron chi connectivity index (χ4n) is 4.23. The van der Waals surface area contributed by atoms with Crippen molar-refractivity contribution in [3.8, 4) is 0 Å². The Labute approximate surface area is 207 Å². The van der Waals surface area contributed by atoms with Gasteiger partial charge in [0.25, 0.3) is 0 Å². The first-order valence-corrected chi connectivity index (χ1v) is 11.2. The second-order valence-electron chi connectivity index (χ2n) is 8.71. The Hall–Kier alpha value is -3.03. The lowest BCUT2D eigenvalue weighted by Gasteiger charge is -2.42. The number of nitrogens with one attached hydrogen (secondary N) is 1. The van der Waals surface area contributed by atoms with Crippen molar-refractivity contribution in [3.05, 3.63) is 70.5 Å².